The predicted molar refractivity (Wildman–Crippen MR) is 67.7 cm³/mol. The number of thiophene rings is 1. The average Bonchev–Trinajstić information content (AvgIpc) is 2.88. The zero-order valence-corrected chi connectivity index (χ0v) is 9.66. The maximum absolute atomic E-state index is 6.11. The Labute approximate surface area is 97.2 Å². The lowest BCUT2D eigenvalue weighted by Crippen LogP contribution is -1.93. The van der Waals surface area contributed by atoms with Crippen LogP contribution in [0.2, 0.25) is 0 Å². The summed E-state index contributed by atoms with van der Waals surface area (Å²) in [5.41, 5.74) is 9.06. The van der Waals surface area contributed by atoms with Crippen molar-refractivity contribution < 1.29 is 0 Å². The van der Waals surface area contributed by atoms with Gasteiger partial charge in [0.2, 0.25) is 0 Å². The maximum atomic E-state index is 6.11. The fraction of sp³-hybridized carbons (Fsp3) is 0.0833. The summed E-state index contributed by atoms with van der Waals surface area (Å²) in [5.74, 6) is 0.709. The minimum Gasteiger partial charge on any atom is -0.383 e. The highest BCUT2D eigenvalue weighted by Gasteiger charge is 2.12. The third-order valence-corrected chi connectivity index (χ3v) is 3.51. The van der Waals surface area contributed by atoms with Gasteiger partial charge < -0.3 is 5.73 Å². The van der Waals surface area contributed by atoms with Crippen LogP contribution in [0.1, 0.15) is 5.56 Å². The lowest BCUT2D eigenvalue weighted by Gasteiger charge is -1.97. The quantitative estimate of drug-likeness (QED) is 0.697. The van der Waals surface area contributed by atoms with Crippen LogP contribution in [-0.2, 0) is 0 Å². The smallest absolute Gasteiger partial charge is 0.142 e. The molecule has 3 aromatic heterocycles. The molecule has 0 aromatic carbocycles. The van der Waals surface area contributed by atoms with Crippen molar-refractivity contribution in [2.75, 3.05) is 5.73 Å². The van der Waals surface area contributed by atoms with Crippen LogP contribution in [0.5, 0.6) is 0 Å². The van der Waals surface area contributed by atoms with Gasteiger partial charge in [0.15, 0.2) is 0 Å². The van der Waals surface area contributed by atoms with Crippen molar-refractivity contribution in [1.82, 2.24) is 9.38 Å². The Morgan fingerprint density at radius 2 is 2.19 bits per heavy atom. The van der Waals surface area contributed by atoms with Crippen LogP contribution in [0.15, 0.2) is 35.8 Å². The topological polar surface area (TPSA) is 43.3 Å². The van der Waals surface area contributed by atoms with E-state index in [0.717, 1.165) is 21.8 Å². The molecule has 0 saturated heterocycles. The minimum atomic E-state index is 0.709. The molecule has 0 saturated carbocycles. The molecule has 0 atom stereocenters. The van der Waals surface area contributed by atoms with Gasteiger partial charge >= 0.3 is 0 Å². The van der Waals surface area contributed by atoms with Crippen molar-refractivity contribution in [2.24, 2.45) is 0 Å². The van der Waals surface area contributed by atoms with Crippen LogP contribution in [0.3, 0.4) is 0 Å². The van der Waals surface area contributed by atoms with Crippen LogP contribution in [0.4, 0.5) is 5.82 Å². The van der Waals surface area contributed by atoms with E-state index < -0.39 is 0 Å². The van der Waals surface area contributed by atoms with E-state index in [1.54, 1.807) is 11.3 Å². The van der Waals surface area contributed by atoms with Gasteiger partial charge in [-0.15, -0.1) is 11.3 Å². The zero-order chi connectivity index (χ0) is 11.1. The molecule has 0 fully saturated rings. The number of nitrogens with zero attached hydrogens (tertiary/aromatic N) is 2. The summed E-state index contributed by atoms with van der Waals surface area (Å²) in [4.78, 5) is 5.71. The SMILES string of the molecule is Cc1cccn2c(N)c(-c3cccs3)nc12. The van der Waals surface area contributed by atoms with Gasteiger partial charge in [0.05, 0.1) is 4.88 Å². The molecule has 0 aliphatic carbocycles. The molecular formula is C12H11N3S. The van der Waals surface area contributed by atoms with Crippen molar-refractivity contribution in [1.29, 1.82) is 0 Å². The highest BCUT2D eigenvalue weighted by molar-refractivity contribution is 7.13. The Hall–Kier alpha value is -1.81. The van der Waals surface area contributed by atoms with Gasteiger partial charge in [0, 0.05) is 6.20 Å². The molecule has 0 bridgehead atoms. The summed E-state index contributed by atoms with van der Waals surface area (Å²) in [6, 6.07) is 8.08. The molecule has 80 valence electrons. The van der Waals surface area contributed by atoms with Crippen molar-refractivity contribution >= 4 is 22.8 Å². The highest BCUT2D eigenvalue weighted by Crippen LogP contribution is 2.30. The lowest BCUT2D eigenvalue weighted by atomic mass is 10.3. The normalized spacial score (nSPS) is 11.1. The molecule has 0 aliphatic heterocycles. The molecule has 4 heteroatoms. The molecule has 3 aromatic rings. The number of fused-ring (bicyclic) bond motifs is 1. The Morgan fingerprint density at radius 3 is 2.88 bits per heavy atom. The van der Waals surface area contributed by atoms with Crippen LogP contribution >= 0.6 is 11.3 Å². The third-order valence-electron chi connectivity index (χ3n) is 2.64. The van der Waals surface area contributed by atoms with E-state index in [1.165, 1.54) is 0 Å². The summed E-state index contributed by atoms with van der Waals surface area (Å²) in [7, 11) is 0. The first kappa shape index (κ1) is 9.42. The molecule has 0 spiro atoms. The second-order valence-electron chi connectivity index (χ2n) is 3.71. The molecule has 0 unspecified atom stereocenters. The Bertz CT molecular complexity index is 638. The van der Waals surface area contributed by atoms with Crippen LogP contribution in [0.25, 0.3) is 16.2 Å². The fourth-order valence-corrected chi connectivity index (χ4v) is 2.54. The summed E-state index contributed by atoms with van der Waals surface area (Å²) in [6.45, 7) is 2.04. The second-order valence-corrected chi connectivity index (χ2v) is 4.66. The number of rotatable bonds is 1. The summed E-state index contributed by atoms with van der Waals surface area (Å²) < 4.78 is 1.93. The van der Waals surface area contributed by atoms with Gasteiger partial charge in [-0.2, -0.15) is 0 Å². The molecule has 3 rings (SSSR count). The largest absolute Gasteiger partial charge is 0.383 e. The standard InChI is InChI=1S/C12H11N3S/c1-8-4-2-6-15-11(13)10(14-12(8)15)9-5-3-7-16-9/h2-7H,13H2,1H3. The number of anilines is 1. The number of nitrogen functional groups attached to an aromatic ring is 1. The third kappa shape index (κ3) is 1.23. The average molecular weight is 229 g/mol. The van der Waals surface area contributed by atoms with Crippen LogP contribution in [0, 0.1) is 6.92 Å². The number of hydrogen-bond acceptors (Lipinski definition) is 3. The van der Waals surface area contributed by atoms with E-state index >= 15 is 0 Å². The summed E-state index contributed by atoms with van der Waals surface area (Å²) >= 11 is 1.66. The molecule has 2 N–H and O–H groups in total. The molecule has 3 nitrogen and oxygen atoms in total. The van der Waals surface area contributed by atoms with Gasteiger partial charge in [-0.1, -0.05) is 12.1 Å². The van der Waals surface area contributed by atoms with E-state index in [1.807, 2.05) is 47.2 Å². The molecular weight excluding hydrogens is 218 g/mol. The number of pyridine rings is 1. The number of imidazole rings is 1. The van der Waals surface area contributed by atoms with Gasteiger partial charge in [0.1, 0.15) is 17.2 Å². The first-order valence-corrected chi connectivity index (χ1v) is 5.92. The minimum absolute atomic E-state index is 0.709. The van der Waals surface area contributed by atoms with E-state index in [0.29, 0.717) is 5.82 Å². The van der Waals surface area contributed by atoms with E-state index in [4.69, 9.17) is 5.73 Å². The van der Waals surface area contributed by atoms with Gasteiger partial charge in [-0.3, -0.25) is 4.40 Å². The zero-order valence-electron chi connectivity index (χ0n) is 8.84. The Kier molecular flexibility index (Phi) is 1.97. The monoisotopic (exact) mass is 229 g/mol. The van der Waals surface area contributed by atoms with Crippen molar-refractivity contribution in [3.8, 4) is 10.6 Å². The number of aryl methyl sites for hydroxylation is 1. The summed E-state index contributed by atoms with van der Waals surface area (Å²) in [6.07, 6.45) is 1.95. The Balaban J connectivity index is 2.36. The van der Waals surface area contributed by atoms with E-state index in [9.17, 15) is 0 Å². The van der Waals surface area contributed by atoms with Crippen molar-refractivity contribution in [3.05, 3.63) is 41.4 Å². The number of hydrogen-bond donors (Lipinski definition) is 1. The van der Waals surface area contributed by atoms with Crippen molar-refractivity contribution in [3.63, 3.8) is 0 Å². The summed E-state index contributed by atoms with van der Waals surface area (Å²) in [5, 5.41) is 2.03. The molecule has 0 amide bonds. The fourth-order valence-electron chi connectivity index (χ4n) is 1.82. The highest BCUT2D eigenvalue weighted by atomic mass is 32.1. The van der Waals surface area contributed by atoms with Crippen LogP contribution < -0.4 is 5.73 Å². The Morgan fingerprint density at radius 1 is 1.31 bits per heavy atom. The predicted octanol–water partition coefficient (Wildman–Crippen LogP) is 2.95. The first-order valence-electron chi connectivity index (χ1n) is 5.04. The first-order chi connectivity index (χ1) is 7.77. The lowest BCUT2D eigenvalue weighted by molar-refractivity contribution is 1.17. The van der Waals surface area contributed by atoms with E-state index in [-0.39, 0.29) is 0 Å². The molecule has 0 aliphatic rings. The molecule has 3 heterocycles. The van der Waals surface area contributed by atoms with Gasteiger partial charge in [0.25, 0.3) is 0 Å². The maximum Gasteiger partial charge on any atom is 0.142 e. The van der Waals surface area contributed by atoms with E-state index in [2.05, 4.69) is 4.98 Å². The number of aromatic nitrogens is 2. The molecule has 0 radical (unpaired) electrons. The van der Waals surface area contributed by atoms with Gasteiger partial charge in [-0.25, -0.2) is 4.98 Å². The molecule has 16 heavy (non-hydrogen) atoms. The number of nitrogens with two attached hydrogens (primary N) is 1. The van der Waals surface area contributed by atoms with Crippen LogP contribution in [-0.4, -0.2) is 9.38 Å². The van der Waals surface area contributed by atoms with Crippen molar-refractivity contribution in [2.45, 2.75) is 6.92 Å². The van der Waals surface area contributed by atoms with Gasteiger partial charge in [-0.05, 0) is 30.0 Å². The second kappa shape index (κ2) is 3.35.